The van der Waals surface area contributed by atoms with E-state index in [1.807, 2.05) is 0 Å². The predicted molar refractivity (Wildman–Crippen MR) is 97.8 cm³/mol. The van der Waals surface area contributed by atoms with Gasteiger partial charge in [-0.3, -0.25) is 0 Å². The minimum Gasteiger partial charge on any atom is -0.300 e. The molecule has 2 atom stereocenters. The van der Waals surface area contributed by atoms with Gasteiger partial charge in [-0.05, 0) is 63.2 Å². The van der Waals surface area contributed by atoms with Gasteiger partial charge in [0.05, 0.1) is 5.02 Å². The number of hydrogen-bond acceptors (Lipinski definition) is 3. The van der Waals surface area contributed by atoms with Crippen molar-refractivity contribution in [3.05, 3.63) is 29.3 Å². The lowest BCUT2D eigenvalue weighted by molar-refractivity contribution is 0.136. The van der Waals surface area contributed by atoms with Crippen molar-refractivity contribution in [3.63, 3.8) is 0 Å². The third kappa shape index (κ3) is 3.64. The van der Waals surface area contributed by atoms with E-state index in [4.69, 9.17) is 11.6 Å². The Morgan fingerprint density at radius 3 is 2.46 bits per heavy atom. The van der Waals surface area contributed by atoms with Crippen molar-refractivity contribution in [2.75, 3.05) is 20.1 Å². The molecule has 1 saturated carbocycles. The summed E-state index contributed by atoms with van der Waals surface area (Å²) in [5.74, 6) is 0.821. The molecule has 3 rings (SSSR count). The molecule has 0 aromatic heterocycles. The van der Waals surface area contributed by atoms with E-state index >= 15 is 0 Å². The van der Waals surface area contributed by atoms with Crippen molar-refractivity contribution in [1.29, 1.82) is 0 Å². The average Bonchev–Trinajstić information content (AvgIpc) is 3.05. The van der Waals surface area contributed by atoms with Gasteiger partial charge in [0.1, 0.15) is 4.90 Å². The molecule has 2 unspecified atom stereocenters. The van der Waals surface area contributed by atoms with Gasteiger partial charge in [-0.2, -0.15) is 4.31 Å². The van der Waals surface area contributed by atoms with E-state index in [1.54, 1.807) is 35.6 Å². The summed E-state index contributed by atoms with van der Waals surface area (Å²) in [5, 5.41) is 0.295. The summed E-state index contributed by atoms with van der Waals surface area (Å²) in [6.45, 7) is 4.62. The molecule has 2 aliphatic rings. The number of halogens is 1. The Balaban J connectivity index is 1.68. The molecule has 4 nitrogen and oxygen atoms in total. The summed E-state index contributed by atoms with van der Waals surface area (Å²) < 4.78 is 27.3. The van der Waals surface area contributed by atoms with E-state index in [0.717, 1.165) is 38.3 Å². The number of likely N-dealkylation sites (tertiary alicyclic amines) is 1. The van der Waals surface area contributed by atoms with Crippen LogP contribution in [0.25, 0.3) is 0 Å². The van der Waals surface area contributed by atoms with Crippen molar-refractivity contribution in [2.45, 2.75) is 56.0 Å². The fourth-order valence-corrected chi connectivity index (χ4v) is 5.88. The first-order valence-electron chi connectivity index (χ1n) is 8.86. The molecule has 1 aliphatic carbocycles. The molecule has 0 radical (unpaired) electrons. The van der Waals surface area contributed by atoms with E-state index in [1.165, 1.54) is 12.8 Å². The maximum atomic E-state index is 12.9. The summed E-state index contributed by atoms with van der Waals surface area (Å²) in [7, 11) is -1.83. The molecule has 0 amide bonds. The van der Waals surface area contributed by atoms with Gasteiger partial charge in [0.15, 0.2) is 0 Å². The van der Waals surface area contributed by atoms with Crippen LogP contribution >= 0.6 is 11.6 Å². The monoisotopic (exact) mass is 370 g/mol. The molecule has 2 fully saturated rings. The normalized spacial score (nSPS) is 27.0. The highest BCUT2D eigenvalue weighted by Gasteiger charge is 2.37. The van der Waals surface area contributed by atoms with E-state index in [9.17, 15) is 8.42 Å². The standard InChI is InChI=1S/C18H27ClN2O2S/c1-14-9-11-21(12-10-14)16-8-7-15(13-16)20(2)24(22,23)18-6-4-3-5-17(18)19/h3-6,14-16H,7-13H2,1-2H3. The molecular formula is C18H27ClN2O2S. The Kier molecular flexibility index (Phi) is 5.55. The number of hydrogen-bond donors (Lipinski definition) is 0. The zero-order valence-corrected chi connectivity index (χ0v) is 16.1. The van der Waals surface area contributed by atoms with Crippen molar-refractivity contribution in [3.8, 4) is 0 Å². The number of piperidine rings is 1. The minimum atomic E-state index is -3.53. The second-order valence-corrected chi connectivity index (χ2v) is 9.66. The van der Waals surface area contributed by atoms with Gasteiger partial charge in [0, 0.05) is 19.1 Å². The lowest BCUT2D eigenvalue weighted by Gasteiger charge is -2.35. The van der Waals surface area contributed by atoms with Crippen LogP contribution in [0, 0.1) is 5.92 Å². The van der Waals surface area contributed by atoms with Crippen molar-refractivity contribution in [1.82, 2.24) is 9.21 Å². The van der Waals surface area contributed by atoms with Gasteiger partial charge in [-0.15, -0.1) is 0 Å². The van der Waals surface area contributed by atoms with Crippen LogP contribution < -0.4 is 0 Å². The van der Waals surface area contributed by atoms with Crippen LogP contribution in [-0.4, -0.2) is 49.8 Å². The zero-order chi connectivity index (χ0) is 17.3. The Labute approximate surface area is 150 Å². The van der Waals surface area contributed by atoms with Gasteiger partial charge in [0.25, 0.3) is 0 Å². The molecule has 1 aromatic rings. The molecule has 1 aromatic carbocycles. The quantitative estimate of drug-likeness (QED) is 0.812. The Morgan fingerprint density at radius 1 is 1.12 bits per heavy atom. The summed E-state index contributed by atoms with van der Waals surface area (Å²) in [6.07, 6.45) is 5.46. The second kappa shape index (κ2) is 7.32. The van der Waals surface area contributed by atoms with E-state index in [0.29, 0.717) is 11.1 Å². The van der Waals surface area contributed by atoms with E-state index in [2.05, 4.69) is 11.8 Å². The van der Waals surface area contributed by atoms with Crippen LogP contribution in [0.4, 0.5) is 0 Å². The third-order valence-corrected chi connectivity index (χ3v) is 8.13. The third-order valence-electron chi connectivity index (χ3n) is 5.72. The van der Waals surface area contributed by atoms with Crippen LogP contribution in [-0.2, 0) is 10.0 Å². The first-order chi connectivity index (χ1) is 11.4. The maximum Gasteiger partial charge on any atom is 0.244 e. The highest BCUT2D eigenvalue weighted by molar-refractivity contribution is 7.89. The van der Waals surface area contributed by atoms with Gasteiger partial charge < -0.3 is 4.90 Å². The molecule has 1 aliphatic heterocycles. The number of rotatable bonds is 4. The molecule has 24 heavy (non-hydrogen) atoms. The molecule has 0 spiro atoms. The minimum absolute atomic E-state index is 0.0654. The topological polar surface area (TPSA) is 40.6 Å². The smallest absolute Gasteiger partial charge is 0.244 e. The maximum absolute atomic E-state index is 12.9. The lowest BCUT2D eigenvalue weighted by Crippen LogP contribution is -2.41. The Bertz CT molecular complexity index is 671. The predicted octanol–water partition coefficient (Wildman–Crippen LogP) is 3.61. The van der Waals surface area contributed by atoms with Gasteiger partial charge in [0.2, 0.25) is 10.0 Å². The van der Waals surface area contributed by atoms with Gasteiger partial charge in [-0.1, -0.05) is 30.7 Å². The molecule has 6 heteroatoms. The number of benzene rings is 1. The largest absolute Gasteiger partial charge is 0.300 e. The molecule has 1 heterocycles. The van der Waals surface area contributed by atoms with Crippen molar-refractivity contribution in [2.24, 2.45) is 5.92 Å². The van der Waals surface area contributed by atoms with Gasteiger partial charge >= 0.3 is 0 Å². The first-order valence-corrected chi connectivity index (χ1v) is 10.7. The van der Waals surface area contributed by atoms with Crippen LogP contribution in [0.15, 0.2) is 29.2 Å². The average molecular weight is 371 g/mol. The van der Waals surface area contributed by atoms with Crippen LogP contribution in [0.5, 0.6) is 0 Å². The van der Waals surface area contributed by atoms with Gasteiger partial charge in [-0.25, -0.2) is 8.42 Å². The van der Waals surface area contributed by atoms with Crippen LogP contribution in [0.3, 0.4) is 0 Å². The Hall–Kier alpha value is -0.620. The van der Waals surface area contributed by atoms with Crippen LogP contribution in [0.1, 0.15) is 39.0 Å². The second-order valence-electron chi connectivity index (χ2n) is 7.29. The molecule has 0 N–H and O–H groups in total. The summed E-state index contributed by atoms with van der Waals surface area (Å²) in [6, 6.07) is 7.28. The highest BCUT2D eigenvalue weighted by Crippen LogP contribution is 2.33. The van der Waals surface area contributed by atoms with E-state index < -0.39 is 10.0 Å². The first kappa shape index (κ1) is 18.2. The summed E-state index contributed by atoms with van der Waals surface area (Å²) in [4.78, 5) is 2.78. The number of sulfonamides is 1. The number of nitrogens with zero attached hydrogens (tertiary/aromatic N) is 2. The lowest BCUT2D eigenvalue weighted by atomic mass is 9.97. The fourth-order valence-electron chi connectivity index (χ4n) is 4.00. The Morgan fingerprint density at radius 2 is 1.79 bits per heavy atom. The zero-order valence-electron chi connectivity index (χ0n) is 14.5. The SMILES string of the molecule is CC1CCN(C2CCC(N(C)S(=O)(=O)c3ccccc3Cl)C2)CC1. The van der Waals surface area contributed by atoms with E-state index in [-0.39, 0.29) is 10.9 Å². The van der Waals surface area contributed by atoms with Crippen molar-refractivity contribution >= 4 is 21.6 Å². The fraction of sp³-hybridized carbons (Fsp3) is 0.667. The summed E-state index contributed by atoms with van der Waals surface area (Å²) >= 11 is 6.11. The summed E-state index contributed by atoms with van der Waals surface area (Å²) in [5.41, 5.74) is 0. The molecular weight excluding hydrogens is 344 g/mol. The molecule has 1 saturated heterocycles. The molecule has 134 valence electrons. The van der Waals surface area contributed by atoms with Crippen molar-refractivity contribution < 1.29 is 8.42 Å². The molecule has 0 bridgehead atoms. The van der Waals surface area contributed by atoms with Crippen LogP contribution in [0.2, 0.25) is 5.02 Å². The highest BCUT2D eigenvalue weighted by atomic mass is 35.5.